The summed E-state index contributed by atoms with van der Waals surface area (Å²) < 4.78 is 5.11. The quantitative estimate of drug-likeness (QED) is 0.789. The Bertz CT molecular complexity index is 532. The lowest BCUT2D eigenvalue weighted by Crippen LogP contribution is -2.40. The van der Waals surface area contributed by atoms with Gasteiger partial charge in [0.1, 0.15) is 11.5 Å². The van der Waals surface area contributed by atoms with Crippen molar-refractivity contribution < 1.29 is 14.6 Å². The molecule has 0 bridgehead atoms. The van der Waals surface area contributed by atoms with Crippen LogP contribution in [0.3, 0.4) is 0 Å². The molecule has 1 unspecified atom stereocenters. The molecule has 1 saturated heterocycles. The van der Waals surface area contributed by atoms with Gasteiger partial charge < -0.3 is 20.5 Å². The summed E-state index contributed by atoms with van der Waals surface area (Å²) >= 11 is 0. The first-order chi connectivity index (χ1) is 10.2. The van der Waals surface area contributed by atoms with Crippen LogP contribution in [0.5, 0.6) is 11.5 Å². The zero-order valence-corrected chi connectivity index (χ0v) is 12.3. The van der Waals surface area contributed by atoms with Crippen molar-refractivity contribution in [3.05, 3.63) is 23.8 Å². The van der Waals surface area contributed by atoms with Crippen molar-refractivity contribution in [2.45, 2.75) is 25.3 Å². The van der Waals surface area contributed by atoms with E-state index >= 15 is 0 Å². The maximum Gasteiger partial charge on any atom is 0.255 e. The number of fused-ring (bicyclic) bond motifs is 1. The molecule has 1 aliphatic heterocycles. The number of nitrogens with one attached hydrogen (secondary N) is 2. The highest BCUT2D eigenvalue weighted by atomic mass is 16.5. The molecule has 2 aliphatic rings. The zero-order valence-electron chi connectivity index (χ0n) is 12.3. The van der Waals surface area contributed by atoms with Crippen molar-refractivity contribution in [3.8, 4) is 11.5 Å². The molecule has 5 nitrogen and oxygen atoms in total. The predicted molar refractivity (Wildman–Crippen MR) is 79.6 cm³/mol. The molecule has 114 valence electrons. The SMILES string of the molecule is COc1ccc(O)c(C(=O)NC2CC[C@H]3CNC[C@H]3C2)c1. The molecule has 21 heavy (non-hydrogen) atoms. The number of aromatic hydroxyl groups is 1. The van der Waals surface area contributed by atoms with E-state index in [0.29, 0.717) is 11.7 Å². The van der Waals surface area contributed by atoms with E-state index < -0.39 is 0 Å². The Morgan fingerprint density at radius 3 is 2.95 bits per heavy atom. The second kappa shape index (κ2) is 5.93. The van der Waals surface area contributed by atoms with E-state index in [4.69, 9.17) is 4.74 Å². The van der Waals surface area contributed by atoms with Crippen molar-refractivity contribution in [2.75, 3.05) is 20.2 Å². The maximum absolute atomic E-state index is 12.4. The number of amides is 1. The molecule has 0 radical (unpaired) electrons. The van der Waals surface area contributed by atoms with Crippen LogP contribution in [0, 0.1) is 11.8 Å². The van der Waals surface area contributed by atoms with Crippen molar-refractivity contribution >= 4 is 5.91 Å². The van der Waals surface area contributed by atoms with Crippen LogP contribution in [0.15, 0.2) is 18.2 Å². The molecule has 1 aliphatic carbocycles. The average Bonchev–Trinajstić information content (AvgIpc) is 2.95. The Kier molecular flexibility index (Phi) is 4.01. The molecule has 3 atom stereocenters. The largest absolute Gasteiger partial charge is 0.507 e. The molecule has 1 aromatic rings. The smallest absolute Gasteiger partial charge is 0.255 e. The molecule has 5 heteroatoms. The minimum atomic E-state index is -0.221. The Hall–Kier alpha value is -1.75. The van der Waals surface area contributed by atoms with Crippen molar-refractivity contribution in [2.24, 2.45) is 11.8 Å². The number of hydrogen-bond donors (Lipinski definition) is 3. The number of phenolic OH excluding ortho intramolecular Hbond substituents is 1. The molecule has 0 spiro atoms. The van der Waals surface area contributed by atoms with Gasteiger partial charge in [-0.05, 0) is 62.4 Å². The van der Waals surface area contributed by atoms with Crippen LogP contribution in [0.1, 0.15) is 29.6 Å². The standard InChI is InChI=1S/C16H22N2O3/c1-21-13-4-5-15(19)14(7-13)16(20)18-12-3-2-10-8-17-9-11(10)6-12/h4-5,7,10-12,17,19H,2-3,6,8-9H2,1H3,(H,18,20)/t10-,11+,12?/m0/s1. The summed E-state index contributed by atoms with van der Waals surface area (Å²) in [6, 6.07) is 4.91. The first-order valence-corrected chi connectivity index (χ1v) is 7.56. The number of methoxy groups -OCH3 is 1. The molecule has 1 saturated carbocycles. The molecular weight excluding hydrogens is 268 g/mol. The summed E-state index contributed by atoms with van der Waals surface area (Å²) in [6.07, 6.45) is 3.19. The molecule has 1 amide bonds. The van der Waals surface area contributed by atoms with E-state index in [0.717, 1.165) is 38.3 Å². The number of carbonyl (C=O) groups is 1. The highest BCUT2D eigenvalue weighted by molar-refractivity contribution is 5.97. The zero-order chi connectivity index (χ0) is 14.8. The molecule has 1 heterocycles. The Morgan fingerprint density at radius 1 is 1.33 bits per heavy atom. The third kappa shape index (κ3) is 2.97. The Balaban J connectivity index is 1.66. The summed E-state index contributed by atoms with van der Waals surface area (Å²) in [5, 5.41) is 16.3. The summed E-state index contributed by atoms with van der Waals surface area (Å²) in [7, 11) is 1.54. The molecule has 2 fully saturated rings. The van der Waals surface area contributed by atoms with Gasteiger partial charge in [0.25, 0.3) is 5.91 Å². The lowest BCUT2D eigenvalue weighted by molar-refractivity contribution is 0.0910. The molecule has 0 aromatic heterocycles. The molecule has 3 N–H and O–H groups in total. The monoisotopic (exact) mass is 290 g/mol. The number of carbonyl (C=O) groups excluding carboxylic acids is 1. The van der Waals surface area contributed by atoms with Gasteiger partial charge in [0.05, 0.1) is 12.7 Å². The Labute approximate surface area is 124 Å². The van der Waals surface area contributed by atoms with Crippen LogP contribution < -0.4 is 15.4 Å². The first-order valence-electron chi connectivity index (χ1n) is 7.56. The molecule has 1 aromatic carbocycles. The maximum atomic E-state index is 12.4. The number of phenols is 1. The van der Waals surface area contributed by atoms with Crippen LogP contribution in [0.2, 0.25) is 0 Å². The number of benzene rings is 1. The summed E-state index contributed by atoms with van der Waals surface area (Å²) in [5.41, 5.74) is 0.279. The first kappa shape index (κ1) is 14.2. The fourth-order valence-corrected chi connectivity index (χ4v) is 3.52. The lowest BCUT2D eigenvalue weighted by atomic mass is 9.79. The van der Waals surface area contributed by atoms with Gasteiger partial charge in [-0.1, -0.05) is 0 Å². The minimum absolute atomic E-state index is 0.00970. The van der Waals surface area contributed by atoms with Gasteiger partial charge in [-0.25, -0.2) is 0 Å². The molecular formula is C16H22N2O3. The van der Waals surface area contributed by atoms with E-state index in [-0.39, 0.29) is 23.3 Å². The van der Waals surface area contributed by atoms with E-state index in [2.05, 4.69) is 10.6 Å². The lowest BCUT2D eigenvalue weighted by Gasteiger charge is -2.31. The van der Waals surface area contributed by atoms with Crippen LogP contribution in [-0.4, -0.2) is 37.3 Å². The van der Waals surface area contributed by atoms with E-state index in [1.165, 1.54) is 6.07 Å². The van der Waals surface area contributed by atoms with Crippen molar-refractivity contribution in [1.29, 1.82) is 0 Å². The average molecular weight is 290 g/mol. The highest BCUT2D eigenvalue weighted by Crippen LogP contribution is 2.33. The van der Waals surface area contributed by atoms with E-state index in [9.17, 15) is 9.90 Å². The van der Waals surface area contributed by atoms with Crippen LogP contribution in [0.25, 0.3) is 0 Å². The third-order valence-electron chi connectivity index (χ3n) is 4.74. The number of rotatable bonds is 3. The molecule has 3 rings (SSSR count). The predicted octanol–water partition coefficient (Wildman–Crippen LogP) is 1.52. The van der Waals surface area contributed by atoms with Crippen LogP contribution in [-0.2, 0) is 0 Å². The van der Waals surface area contributed by atoms with Gasteiger partial charge in [-0.15, -0.1) is 0 Å². The van der Waals surface area contributed by atoms with Gasteiger partial charge in [-0.2, -0.15) is 0 Å². The second-order valence-electron chi connectivity index (χ2n) is 6.04. The fourth-order valence-electron chi connectivity index (χ4n) is 3.52. The highest BCUT2D eigenvalue weighted by Gasteiger charge is 2.34. The second-order valence-corrected chi connectivity index (χ2v) is 6.04. The van der Waals surface area contributed by atoms with Gasteiger partial charge in [0, 0.05) is 6.04 Å². The van der Waals surface area contributed by atoms with E-state index in [1.54, 1.807) is 19.2 Å². The minimum Gasteiger partial charge on any atom is -0.507 e. The van der Waals surface area contributed by atoms with Gasteiger partial charge in [0.15, 0.2) is 0 Å². The summed E-state index contributed by atoms with van der Waals surface area (Å²) in [4.78, 5) is 12.4. The normalized spacial score (nSPS) is 28.0. The van der Waals surface area contributed by atoms with Gasteiger partial charge in [0.2, 0.25) is 0 Å². The van der Waals surface area contributed by atoms with Crippen molar-refractivity contribution in [3.63, 3.8) is 0 Å². The number of ether oxygens (including phenoxy) is 1. The van der Waals surface area contributed by atoms with Gasteiger partial charge in [-0.3, -0.25) is 4.79 Å². The van der Waals surface area contributed by atoms with Gasteiger partial charge >= 0.3 is 0 Å². The topological polar surface area (TPSA) is 70.6 Å². The van der Waals surface area contributed by atoms with E-state index in [1.807, 2.05) is 0 Å². The summed E-state index contributed by atoms with van der Waals surface area (Å²) in [5.74, 6) is 1.78. The fraction of sp³-hybridized carbons (Fsp3) is 0.562. The summed E-state index contributed by atoms with van der Waals surface area (Å²) in [6.45, 7) is 2.17. The van der Waals surface area contributed by atoms with Crippen LogP contribution >= 0.6 is 0 Å². The third-order valence-corrected chi connectivity index (χ3v) is 4.74. The number of hydrogen-bond acceptors (Lipinski definition) is 4. The van der Waals surface area contributed by atoms with Crippen molar-refractivity contribution in [1.82, 2.24) is 10.6 Å². The van der Waals surface area contributed by atoms with Crippen LogP contribution in [0.4, 0.5) is 0 Å². The Morgan fingerprint density at radius 2 is 2.14 bits per heavy atom.